The summed E-state index contributed by atoms with van der Waals surface area (Å²) in [5.41, 5.74) is 2.06. The first kappa shape index (κ1) is 10.6. The number of halogens is 1. The molecule has 0 spiro atoms. The van der Waals surface area contributed by atoms with E-state index in [-0.39, 0.29) is 5.82 Å². The van der Waals surface area contributed by atoms with Crippen molar-refractivity contribution in [2.45, 2.75) is 38.1 Å². The average Bonchev–Trinajstić information content (AvgIpc) is 2.70. The van der Waals surface area contributed by atoms with Crippen molar-refractivity contribution in [1.29, 1.82) is 0 Å². The third-order valence-corrected chi connectivity index (χ3v) is 3.43. The summed E-state index contributed by atoms with van der Waals surface area (Å²) in [6.45, 7) is 2.02. The highest BCUT2D eigenvalue weighted by atomic mass is 19.1. The first-order valence-electron chi connectivity index (χ1n) is 5.64. The van der Waals surface area contributed by atoms with E-state index in [1.165, 1.54) is 0 Å². The summed E-state index contributed by atoms with van der Waals surface area (Å²) in [7, 11) is 1.99. The standard InChI is InChI=1S/C13H18FN/c1-9-3-6-13(14)12(7-9)10-4-5-11(8-10)15-2/h3,6-7,10-11,15H,4-5,8H2,1-2H3. The van der Waals surface area contributed by atoms with Crippen LogP contribution in [-0.2, 0) is 0 Å². The van der Waals surface area contributed by atoms with Crippen molar-refractivity contribution in [2.75, 3.05) is 7.05 Å². The quantitative estimate of drug-likeness (QED) is 0.786. The lowest BCUT2D eigenvalue weighted by Gasteiger charge is -2.12. The molecule has 1 aliphatic rings. The van der Waals surface area contributed by atoms with E-state index in [4.69, 9.17) is 0 Å². The van der Waals surface area contributed by atoms with Gasteiger partial charge < -0.3 is 5.32 Å². The summed E-state index contributed by atoms with van der Waals surface area (Å²) >= 11 is 0. The van der Waals surface area contributed by atoms with E-state index in [1.807, 2.05) is 26.1 Å². The Morgan fingerprint density at radius 1 is 1.33 bits per heavy atom. The Hall–Kier alpha value is -0.890. The number of hydrogen-bond acceptors (Lipinski definition) is 1. The molecule has 0 bridgehead atoms. The van der Waals surface area contributed by atoms with Crippen molar-refractivity contribution < 1.29 is 4.39 Å². The molecule has 2 atom stereocenters. The molecule has 0 aromatic heterocycles. The first-order valence-corrected chi connectivity index (χ1v) is 5.64. The lowest BCUT2D eigenvalue weighted by Crippen LogP contribution is -2.21. The van der Waals surface area contributed by atoms with Crippen LogP contribution < -0.4 is 5.32 Å². The number of benzene rings is 1. The van der Waals surface area contributed by atoms with E-state index in [1.54, 1.807) is 6.07 Å². The highest BCUT2D eigenvalue weighted by molar-refractivity contribution is 5.28. The molecule has 1 aliphatic carbocycles. The minimum atomic E-state index is -0.0395. The van der Waals surface area contributed by atoms with Crippen LogP contribution in [0.3, 0.4) is 0 Å². The van der Waals surface area contributed by atoms with E-state index in [2.05, 4.69) is 5.32 Å². The summed E-state index contributed by atoms with van der Waals surface area (Å²) in [5.74, 6) is 0.365. The summed E-state index contributed by atoms with van der Waals surface area (Å²) in [6.07, 6.45) is 3.33. The van der Waals surface area contributed by atoms with Crippen molar-refractivity contribution in [3.8, 4) is 0 Å². The molecule has 15 heavy (non-hydrogen) atoms. The van der Waals surface area contributed by atoms with Gasteiger partial charge in [-0.05, 0) is 50.8 Å². The van der Waals surface area contributed by atoms with Crippen LogP contribution in [-0.4, -0.2) is 13.1 Å². The Morgan fingerprint density at radius 3 is 2.80 bits per heavy atom. The van der Waals surface area contributed by atoms with Gasteiger partial charge in [-0.1, -0.05) is 17.7 Å². The molecule has 0 amide bonds. The van der Waals surface area contributed by atoms with E-state index in [9.17, 15) is 4.39 Å². The van der Waals surface area contributed by atoms with Crippen molar-refractivity contribution in [1.82, 2.24) is 5.32 Å². The molecule has 1 N–H and O–H groups in total. The van der Waals surface area contributed by atoms with Gasteiger partial charge in [0.25, 0.3) is 0 Å². The largest absolute Gasteiger partial charge is 0.317 e. The minimum Gasteiger partial charge on any atom is -0.317 e. The van der Waals surface area contributed by atoms with Gasteiger partial charge in [0.1, 0.15) is 5.82 Å². The topological polar surface area (TPSA) is 12.0 Å². The molecule has 2 rings (SSSR count). The molecule has 82 valence electrons. The summed E-state index contributed by atoms with van der Waals surface area (Å²) in [6, 6.07) is 5.99. The SMILES string of the molecule is CNC1CCC(c2cc(C)ccc2F)C1. The maximum atomic E-state index is 13.6. The fourth-order valence-corrected chi connectivity index (χ4v) is 2.50. The van der Waals surface area contributed by atoms with Gasteiger partial charge in [-0.15, -0.1) is 0 Å². The Balaban J connectivity index is 2.19. The zero-order chi connectivity index (χ0) is 10.8. The van der Waals surface area contributed by atoms with Gasteiger partial charge in [0.15, 0.2) is 0 Å². The van der Waals surface area contributed by atoms with Gasteiger partial charge in [-0.25, -0.2) is 4.39 Å². The second-order valence-electron chi connectivity index (χ2n) is 4.52. The summed E-state index contributed by atoms with van der Waals surface area (Å²) < 4.78 is 13.6. The Bertz CT molecular complexity index is 348. The molecule has 0 heterocycles. The molecular formula is C13H18FN. The molecule has 2 heteroatoms. The predicted molar refractivity (Wildman–Crippen MR) is 60.6 cm³/mol. The van der Waals surface area contributed by atoms with Crippen LogP contribution >= 0.6 is 0 Å². The van der Waals surface area contributed by atoms with Gasteiger partial charge >= 0.3 is 0 Å². The van der Waals surface area contributed by atoms with Crippen LogP contribution in [0.4, 0.5) is 4.39 Å². The molecule has 1 fully saturated rings. The van der Waals surface area contributed by atoms with Gasteiger partial charge in [-0.2, -0.15) is 0 Å². The molecule has 1 saturated carbocycles. The summed E-state index contributed by atoms with van der Waals surface area (Å²) in [4.78, 5) is 0. The molecule has 2 unspecified atom stereocenters. The Morgan fingerprint density at radius 2 is 2.13 bits per heavy atom. The summed E-state index contributed by atoms with van der Waals surface area (Å²) in [5, 5.41) is 3.28. The molecule has 0 aliphatic heterocycles. The fraction of sp³-hybridized carbons (Fsp3) is 0.538. The number of nitrogens with one attached hydrogen (secondary N) is 1. The molecule has 0 saturated heterocycles. The Labute approximate surface area is 90.7 Å². The average molecular weight is 207 g/mol. The third kappa shape index (κ3) is 2.20. The van der Waals surface area contributed by atoms with Crippen LogP contribution in [0.2, 0.25) is 0 Å². The monoisotopic (exact) mass is 207 g/mol. The smallest absolute Gasteiger partial charge is 0.126 e. The lowest BCUT2D eigenvalue weighted by atomic mass is 9.95. The van der Waals surface area contributed by atoms with Crippen LogP contribution in [0.1, 0.15) is 36.3 Å². The second-order valence-corrected chi connectivity index (χ2v) is 4.52. The zero-order valence-electron chi connectivity index (χ0n) is 9.39. The normalized spacial score (nSPS) is 25.8. The Kier molecular flexibility index (Phi) is 3.06. The van der Waals surface area contributed by atoms with Gasteiger partial charge in [0.2, 0.25) is 0 Å². The van der Waals surface area contributed by atoms with Gasteiger partial charge in [0.05, 0.1) is 0 Å². The second kappa shape index (κ2) is 4.31. The van der Waals surface area contributed by atoms with Crippen molar-refractivity contribution >= 4 is 0 Å². The molecule has 0 radical (unpaired) electrons. The van der Waals surface area contributed by atoms with E-state index in [0.29, 0.717) is 12.0 Å². The molecule has 1 aromatic carbocycles. The number of hydrogen-bond donors (Lipinski definition) is 1. The number of rotatable bonds is 2. The van der Waals surface area contributed by atoms with E-state index >= 15 is 0 Å². The van der Waals surface area contributed by atoms with Crippen LogP contribution in [0.25, 0.3) is 0 Å². The van der Waals surface area contributed by atoms with E-state index < -0.39 is 0 Å². The third-order valence-electron chi connectivity index (χ3n) is 3.43. The maximum absolute atomic E-state index is 13.6. The first-order chi connectivity index (χ1) is 7.20. The molecular weight excluding hydrogens is 189 g/mol. The fourth-order valence-electron chi connectivity index (χ4n) is 2.50. The maximum Gasteiger partial charge on any atom is 0.126 e. The van der Waals surface area contributed by atoms with Crippen LogP contribution in [0.15, 0.2) is 18.2 Å². The van der Waals surface area contributed by atoms with Gasteiger partial charge in [0, 0.05) is 6.04 Å². The van der Waals surface area contributed by atoms with E-state index in [0.717, 1.165) is 30.4 Å². The zero-order valence-corrected chi connectivity index (χ0v) is 9.39. The molecule has 1 aromatic rings. The van der Waals surface area contributed by atoms with Crippen molar-refractivity contribution in [2.24, 2.45) is 0 Å². The lowest BCUT2D eigenvalue weighted by molar-refractivity contribution is 0.552. The predicted octanol–water partition coefficient (Wildman–Crippen LogP) is 2.99. The van der Waals surface area contributed by atoms with Crippen molar-refractivity contribution in [3.05, 3.63) is 35.1 Å². The van der Waals surface area contributed by atoms with Gasteiger partial charge in [-0.3, -0.25) is 0 Å². The van der Waals surface area contributed by atoms with Crippen molar-refractivity contribution in [3.63, 3.8) is 0 Å². The van der Waals surface area contributed by atoms with Crippen LogP contribution in [0.5, 0.6) is 0 Å². The molecule has 1 nitrogen and oxygen atoms in total. The minimum absolute atomic E-state index is 0.0395. The number of aryl methyl sites for hydroxylation is 1. The van der Waals surface area contributed by atoms with Crippen LogP contribution in [0, 0.1) is 12.7 Å². The highest BCUT2D eigenvalue weighted by Gasteiger charge is 2.26. The highest BCUT2D eigenvalue weighted by Crippen LogP contribution is 2.35.